The van der Waals surface area contributed by atoms with Gasteiger partial charge in [-0.1, -0.05) is 0 Å². The van der Waals surface area contributed by atoms with E-state index in [0.717, 1.165) is 24.3 Å². The van der Waals surface area contributed by atoms with E-state index in [-0.39, 0.29) is 5.69 Å². The number of anilines is 1. The van der Waals surface area contributed by atoms with Crippen molar-refractivity contribution in [1.82, 2.24) is 0 Å². The topological polar surface area (TPSA) is 49.3 Å². The molecule has 0 fully saturated rings. The standard InChI is InChI=1S/C11H10F3NO2/c1-2-9(16)10(17)15-8-5-3-7(4-6-8)11(12,13)14/h2-6,16H,1H3,(H,15,17). The van der Waals surface area contributed by atoms with Crippen LogP contribution in [0.4, 0.5) is 18.9 Å². The van der Waals surface area contributed by atoms with E-state index < -0.39 is 23.4 Å². The van der Waals surface area contributed by atoms with Crippen molar-refractivity contribution in [1.29, 1.82) is 0 Å². The summed E-state index contributed by atoms with van der Waals surface area (Å²) >= 11 is 0. The number of hydrogen-bond donors (Lipinski definition) is 2. The third-order valence-electron chi connectivity index (χ3n) is 1.98. The van der Waals surface area contributed by atoms with Gasteiger partial charge in [0.2, 0.25) is 0 Å². The second kappa shape index (κ2) is 4.90. The van der Waals surface area contributed by atoms with Crippen LogP contribution in [0.25, 0.3) is 0 Å². The molecule has 2 N–H and O–H groups in total. The number of allylic oxidation sites excluding steroid dienone is 1. The van der Waals surface area contributed by atoms with Gasteiger partial charge in [-0.3, -0.25) is 4.79 Å². The summed E-state index contributed by atoms with van der Waals surface area (Å²) in [7, 11) is 0. The molecule has 1 aromatic rings. The molecule has 1 aromatic carbocycles. The van der Waals surface area contributed by atoms with E-state index in [2.05, 4.69) is 5.32 Å². The zero-order chi connectivity index (χ0) is 13.1. The van der Waals surface area contributed by atoms with Gasteiger partial charge in [0, 0.05) is 5.69 Å². The first-order valence-electron chi connectivity index (χ1n) is 4.68. The Bertz CT molecular complexity index is 435. The summed E-state index contributed by atoms with van der Waals surface area (Å²) in [4.78, 5) is 11.2. The minimum atomic E-state index is -4.41. The molecule has 3 nitrogen and oxygen atoms in total. The lowest BCUT2D eigenvalue weighted by molar-refractivity contribution is -0.137. The maximum absolute atomic E-state index is 12.2. The van der Waals surface area contributed by atoms with E-state index in [9.17, 15) is 18.0 Å². The van der Waals surface area contributed by atoms with Crippen LogP contribution in [0.1, 0.15) is 12.5 Å². The van der Waals surface area contributed by atoms with Crippen LogP contribution >= 0.6 is 0 Å². The van der Waals surface area contributed by atoms with Gasteiger partial charge in [-0.25, -0.2) is 0 Å². The fourth-order valence-electron chi connectivity index (χ4n) is 1.07. The molecule has 0 aliphatic heterocycles. The van der Waals surface area contributed by atoms with Gasteiger partial charge in [0.1, 0.15) is 0 Å². The van der Waals surface area contributed by atoms with Crippen molar-refractivity contribution >= 4 is 11.6 Å². The molecular formula is C11H10F3NO2. The normalized spacial score (nSPS) is 12.4. The lowest BCUT2D eigenvalue weighted by Gasteiger charge is -2.08. The van der Waals surface area contributed by atoms with Crippen LogP contribution in [-0.2, 0) is 11.0 Å². The third kappa shape index (κ3) is 3.51. The quantitative estimate of drug-likeness (QED) is 0.621. The smallest absolute Gasteiger partial charge is 0.416 e. The van der Waals surface area contributed by atoms with Crippen molar-refractivity contribution in [3.05, 3.63) is 41.7 Å². The zero-order valence-corrected chi connectivity index (χ0v) is 8.88. The summed E-state index contributed by atoms with van der Waals surface area (Å²) in [5.41, 5.74) is -0.623. The molecule has 0 aliphatic rings. The highest BCUT2D eigenvalue weighted by Gasteiger charge is 2.29. The summed E-state index contributed by atoms with van der Waals surface area (Å²) in [6, 6.07) is 3.93. The minimum Gasteiger partial charge on any atom is -0.503 e. The summed E-state index contributed by atoms with van der Waals surface area (Å²) in [6.45, 7) is 1.46. The Morgan fingerprint density at radius 1 is 1.29 bits per heavy atom. The Morgan fingerprint density at radius 2 is 1.82 bits per heavy atom. The second-order valence-corrected chi connectivity index (χ2v) is 3.20. The molecule has 1 amide bonds. The number of carbonyl (C=O) groups is 1. The molecule has 92 valence electrons. The molecule has 0 saturated carbocycles. The van der Waals surface area contributed by atoms with Crippen molar-refractivity contribution in [3.63, 3.8) is 0 Å². The molecule has 0 spiro atoms. The molecule has 0 atom stereocenters. The van der Waals surface area contributed by atoms with E-state index in [0.29, 0.717) is 0 Å². The van der Waals surface area contributed by atoms with E-state index in [1.54, 1.807) is 0 Å². The van der Waals surface area contributed by atoms with Crippen LogP contribution in [-0.4, -0.2) is 11.0 Å². The second-order valence-electron chi connectivity index (χ2n) is 3.20. The van der Waals surface area contributed by atoms with Gasteiger partial charge < -0.3 is 10.4 Å². The number of aliphatic hydroxyl groups excluding tert-OH is 1. The Kier molecular flexibility index (Phi) is 3.77. The molecule has 0 radical (unpaired) electrons. The minimum absolute atomic E-state index is 0.177. The highest BCUT2D eigenvalue weighted by atomic mass is 19.4. The summed E-state index contributed by atoms with van der Waals surface area (Å²) < 4.78 is 36.7. The van der Waals surface area contributed by atoms with Gasteiger partial charge >= 0.3 is 6.18 Å². The molecule has 0 heterocycles. The van der Waals surface area contributed by atoms with Crippen LogP contribution in [0.3, 0.4) is 0 Å². The number of benzene rings is 1. The van der Waals surface area contributed by atoms with Gasteiger partial charge in [0.15, 0.2) is 5.76 Å². The van der Waals surface area contributed by atoms with Crippen molar-refractivity contribution in [2.45, 2.75) is 13.1 Å². The van der Waals surface area contributed by atoms with Crippen LogP contribution in [0.15, 0.2) is 36.1 Å². The van der Waals surface area contributed by atoms with Gasteiger partial charge in [-0.05, 0) is 37.3 Å². The van der Waals surface area contributed by atoms with Gasteiger partial charge in [-0.15, -0.1) is 0 Å². The van der Waals surface area contributed by atoms with Crippen molar-refractivity contribution < 1.29 is 23.1 Å². The third-order valence-corrected chi connectivity index (χ3v) is 1.98. The Morgan fingerprint density at radius 3 is 2.24 bits per heavy atom. The zero-order valence-electron chi connectivity index (χ0n) is 8.88. The largest absolute Gasteiger partial charge is 0.503 e. The first kappa shape index (κ1) is 13.1. The average molecular weight is 245 g/mol. The fraction of sp³-hybridized carbons (Fsp3) is 0.182. The van der Waals surface area contributed by atoms with Crippen LogP contribution in [0.5, 0.6) is 0 Å². The lowest BCUT2D eigenvalue weighted by atomic mass is 10.2. The Labute approximate surface area is 95.6 Å². The highest BCUT2D eigenvalue weighted by molar-refractivity contribution is 6.01. The Balaban J connectivity index is 2.80. The number of hydrogen-bond acceptors (Lipinski definition) is 2. The number of amides is 1. The van der Waals surface area contributed by atoms with E-state index in [1.165, 1.54) is 13.0 Å². The number of alkyl halides is 3. The van der Waals surface area contributed by atoms with Crippen molar-refractivity contribution in [2.24, 2.45) is 0 Å². The van der Waals surface area contributed by atoms with Crippen LogP contribution in [0, 0.1) is 0 Å². The molecule has 0 aliphatic carbocycles. The number of rotatable bonds is 2. The van der Waals surface area contributed by atoms with Gasteiger partial charge in [0.25, 0.3) is 5.91 Å². The number of nitrogens with one attached hydrogen (secondary N) is 1. The SMILES string of the molecule is CC=C(O)C(=O)Nc1ccc(C(F)(F)F)cc1. The van der Waals surface area contributed by atoms with E-state index >= 15 is 0 Å². The van der Waals surface area contributed by atoms with E-state index in [1.807, 2.05) is 0 Å². The summed E-state index contributed by atoms with van der Waals surface area (Å²) in [5.74, 6) is -1.27. The molecule has 0 aromatic heterocycles. The molecular weight excluding hydrogens is 235 g/mol. The first-order chi connectivity index (χ1) is 7.84. The lowest BCUT2D eigenvalue weighted by Crippen LogP contribution is -2.14. The summed E-state index contributed by atoms with van der Waals surface area (Å²) in [5, 5.41) is 11.3. The van der Waals surface area contributed by atoms with Crippen molar-refractivity contribution in [2.75, 3.05) is 5.32 Å². The molecule has 17 heavy (non-hydrogen) atoms. The monoisotopic (exact) mass is 245 g/mol. The van der Waals surface area contributed by atoms with Crippen LogP contribution in [0.2, 0.25) is 0 Å². The fourth-order valence-corrected chi connectivity index (χ4v) is 1.07. The molecule has 6 heteroatoms. The predicted molar refractivity (Wildman–Crippen MR) is 56.5 cm³/mol. The van der Waals surface area contributed by atoms with Crippen LogP contribution < -0.4 is 5.32 Å². The van der Waals surface area contributed by atoms with Gasteiger partial charge in [-0.2, -0.15) is 13.2 Å². The van der Waals surface area contributed by atoms with Crippen molar-refractivity contribution in [3.8, 4) is 0 Å². The average Bonchev–Trinajstić information content (AvgIpc) is 2.27. The number of aliphatic hydroxyl groups is 1. The first-order valence-corrected chi connectivity index (χ1v) is 4.68. The molecule has 0 saturated heterocycles. The summed E-state index contributed by atoms with van der Waals surface area (Å²) in [6.07, 6.45) is -3.23. The maximum atomic E-state index is 12.2. The molecule has 1 rings (SSSR count). The number of carbonyl (C=O) groups excluding carboxylic acids is 1. The van der Waals surface area contributed by atoms with E-state index in [4.69, 9.17) is 5.11 Å². The maximum Gasteiger partial charge on any atom is 0.416 e. The molecule has 0 unspecified atom stereocenters. The number of halogens is 3. The Hall–Kier alpha value is -1.98. The highest BCUT2D eigenvalue weighted by Crippen LogP contribution is 2.29. The molecule has 0 bridgehead atoms. The predicted octanol–water partition coefficient (Wildman–Crippen LogP) is 3.11. The van der Waals surface area contributed by atoms with Gasteiger partial charge in [0.05, 0.1) is 5.56 Å².